The number of aromatic nitrogens is 1. The Morgan fingerprint density at radius 1 is 1.09 bits per heavy atom. The van der Waals surface area contributed by atoms with Crippen molar-refractivity contribution < 1.29 is 27.2 Å². The van der Waals surface area contributed by atoms with E-state index in [1.165, 1.54) is 4.70 Å². The van der Waals surface area contributed by atoms with Gasteiger partial charge in [-0.05, 0) is 69.2 Å². The number of nitrogens with one attached hydrogen (secondary N) is 1. The van der Waals surface area contributed by atoms with E-state index in [9.17, 15) is 18.7 Å². The second-order valence-electron chi connectivity index (χ2n) is 12.4. The fourth-order valence-electron chi connectivity index (χ4n) is 7.46. The fourth-order valence-corrected chi connectivity index (χ4v) is 8.73. The third-order valence-electron chi connectivity index (χ3n) is 9.80. The largest absolute Gasteiger partial charge is 0.499 e. The highest BCUT2D eigenvalue weighted by Crippen LogP contribution is 2.65. The standard InChI is InChI=1S/C34H40N4O5S/c1-5-7-13-28-30-33(17-10-11-18-33)32(39)34(28,38(30)35)20-24-15-16-26(25(19-24)21-42-6-2)27-12-8-9-14-29(27)44(40,41)37-31-22(3)23(4)36-43-31/h8-9,12,14-16,19,37H,5-7,10-11,13,17-18,20-21H2,1-4H3. The minimum atomic E-state index is -4.03. The van der Waals surface area contributed by atoms with Crippen LogP contribution in [0.3, 0.4) is 0 Å². The van der Waals surface area contributed by atoms with Crippen molar-refractivity contribution in [1.82, 2.24) is 5.16 Å². The van der Waals surface area contributed by atoms with Crippen molar-refractivity contribution in [2.24, 2.45) is 5.41 Å². The predicted octanol–water partition coefficient (Wildman–Crippen LogP) is 7.21. The summed E-state index contributed by atoms with van der Waals surface area (Å²) in [5.74, 6) is 0.227. The number of benzene rings is 2. The fraction of sp³-hybridized carbons (Fsp3) is 0.471. The number of hydrogen-bond donors (Lipinski definition) is 1. The van der Waals surface area contributed by atoms with Gasteiger partial charge in [-0.1, -0.05) is 67.7 Å². The molecule has 1 aromatic heterocycles. The Labute approximate surface area is 259 Å². The molecule has 3 heterocycles. The van der Waals surface area contributed by atoms with Crippen LogP contribution in [0.4, 0.5) is 5.88 Å². The lowest BCUT2D eigenvalue weighted by Crippen LogP contribution is -2.51. The topological polar surface area (TPSA) is 124 Å². The number of ketones is 1. The highest BCUT2D eigenvalue weighted by molar-refractivity contribution is 7.92. The van der Waals surface area contributed by atoms with Gasteiger partial charge in [0.1, 0.15) is 5.41 Å². The molecule has 1 saturated heterocycles. The first-order chi connectivity index (χ1) is 21.1. The van der Waals surface area contributed by atoms with Crippen LogP contribution in [0.2, 0.25) is 0 Å². The van der Waals surface area contributed by atoms with Gasteiger partial charge in [-0.3, -0.25) is 9.49 Å². The normalized spacial score (nSPS) is 20.5. The molecule has 1 atom stereocenters. The number of sulfonamides is 1. The van der Waals surface area contributed by atoms with Crippen LogP contribution >= 0.6 is 0 Å². The lowest BCUT2D eigenvalue weighted by molar-refractivity contribution is -0.581. The van der Waals surface area contributed by atoms with E-state index < -0.39 is 21.0 Å². The summed E-state index contributed by atoms with van der Waals surface area (Å²) in [4.78, 5) is 14.3. The average Bonchev–Trinajstić information content (AvgIpc) is 3.72. The molecule has 7 rings (SSSR count). The molecule has 2 bridgehead atoms. The number of allylic oxidation sites excluding steroid dienone is 1. The van der Waals surface area contributed by atoms with Crippen molar-refractivity contribution in [3.63, 3.8) is 0 Å². The van der Waals surface area contributed by atoms with Gasteiger partial charge in [-0.15, -0.1) is 0 Å². The Balaban J connectivity index is 1.38. The van der Waals surface area contributed by atoms with Crippen LogP contribution in [0, 0.1) is 19.3 Å². The Morgan fingerprint density at radius 2 is 1.84 bits per heavy atom. The zero-order valence-corrected chi connectivity index (χ0v) is 26.7. The summed E-state index contributed by atoms with van der Waals surface area (Å²) < 4.78 is 42.2. The number of aryl methyl sites for hydroxylation is 1. The first-order valence-electron chi connectivity index (χ1n) is 15.6. The number of rotatable bonds is 12. The molecule has 232 valence electrons. The van der Waals surface area contributed by atoms with Gasteiger partial charge in [0.25, 0.3) is 10.0 Å². The Kier molecular flexibility index (Phi) is 7.86. The Bertz CT molecular complexity index is 1780. The molecule has 10 heteroatoms. The number of hydrogen-bond acceptors (Lipinski definition) is 6. The highest BCUT2D eigenvalue weighted by Gasteiger charge is 2.78. The van der Waals surface area contributed by atoms with Crippen molar-refractivity contribution in [3.8, 4) is 11.1 Å². The van der Waals surface area contributed by atoms with Crippen molar-refractivity contribution in [2.75, 3.05) is 11.3 Å². The second-order valence-corrected chi connectivity index (χ2v) is 14.0. The third-order valence-corrected chi connectivity index (χ3v) is 11.2. The second kappa shape index (κ2) is 11.4. The first kappa shape index (κ1) is 30.4. The van der Waals surface area contributed by atoms with Gasteiger partial charge in [0.2, 0.25) is 17.2 Å². The lowest BCUT2D eigenvalue weighted by Gasteiger charge is -2.36. The number of anilines is 1. The average molecular weight is 617 g/mol. The third kappa shape index (κ3) is 4.56. The molecule has 0 radical (unpaired) electrons. The minimum Gasteiger partial charge on any atom is -0.499 e. The molecule has 2 aliphatic heterocycles. The molecule has 44 heavy (non-hydrogen) atoms. The zero-order valence-electron chi connectivity index (χ0n) is 25.9. The van der Waals surface area contributed by atoms with Gasteiger partial charge in [0, 0.05) is 24.2 Å². The van der Waals surface area contributed by atoms with E-state index in [1.54, 1.807) is 38.1 Å². The van der Waals surface area contributed by atoms with Gasteiger partial charge >= 0.3 is 0 Å². The Hall–Kier alpha value is -3.63. The number of ether oxygens (including phenoxy) is 1. The lowest BCUT2D eigenvalue weighted by atomic mass is 9.77. The molecule has 2 fully saturated rings. The molecule has 1 spiro atoms. The smallest absolute Gasteiger partial charge is 0.264 e. The highest BCUT2D eigenvalue weighted by atomic mass is 32.2. The van der Waals surface area contributed by atoms with Crippen molar-refractivity contribution in [1.29, 1.82) is 0 Å². The summed E-state index contributed by atoms with van der Waals surface area (Å²) in [5.41, 5.74) is 15.9. The van der Waals surface area contributed by atoms with Gasteiger partial charge in [0.15, 0.2) is 5.70 Å². The van der Waals surface area contributed by atoms with E-state index in [-0.39, 0.29) is 23.2 Å². The van der Waals surface area contributed by atoms with Gasteiger partial charge in [-0.2, -0.15) is 0 Å². The maximum absolute atomic E-state index is 14.2. The van der Waals surface area contributed by atoms with Gasteiger partial charge < -0.3 is 14.8 Å². The minimum absolute atomic E-state index is 0.0862. The zero-order chi connectivity index (χ0) is 31.3. The van der Waals surface area contributed by atoms with Crippen molar-refractivity contribution >= 4 is 21.7 Å². The van der Waals surface area contributed by atoms with Gasteiger partial charge in [0.05, 0.1) is 22.8 Å². The summed E-state index contributed by atoms with van der Waals surface area (Å²) in [7, 11) is -4.03. The van der Waals surface area contributed by atoms with Crippen LogP contribution in [-0.4, -0.2) is 36.2 Å². The molecule has 1 saturated carbocycles. The Morgan fingerprint density at radius 3 is 2.52 bits per heavy atom. The van der Waals surface area contributed by atoms with Crippen LogP contribution in [0.15, 0.2) is 63.2 Å². The molecule has 9 nitrogen and oxygen atoms in total. The van der Waals surface area contributed by atoms with Crippen LogP contribution in [0.25, 0.3) is 16.7 Å². The van der Waals surface area contributed by atoms with E-state index in [4.69, 9.17) is 9.26 Å². The van der Waals surface area contributed by atoms with E-state index in [2.05, 4.69) is 16.8 Å². The van der Waals surface area contributed by atoms with Crippen LogP contribution in [-0.2, 0) is 32.6 Å². The van der Waals surface area contributed by atoms with E-state index >= 15 is 0 Å². The van der Waals surface area contributed by atoms with Crippen LogP contribution in [0.5, 0.6) is 0 Å². The maximum atomic E-state index is 14.2. The molecule has 0 amide bonds. The summed E-state index contributed by atoms with van der Waals surface area (Å²) in [6.45, 7) is 8.30. The molecule has 1 N–H and O–H groups in total. The monoisotopic (exact) mass is 616 g/mol. The molecule has 2 aromatic carbocycles. The molecule has 3 aromatic rings. The van der Waals surface area contributed by atoms with Crippen molar-refractivity contribution in [2.45, 2.75) is 96.1 Å². The number of nitrogens with zero attached hydrogens (tertiary/aromatic N) is 3. The van der Waals surface area contributed by atoms with E-state index in [0.29, 0.717) is 35.4 Å². The number of carbonyl (C=O) groups excluding carboxylic acids is 1. The van der Waals surface area contributed by atoms with Crippen LogP contribution < -0.4 is 4.72 Å². The quantitative estimate of drug-likeness (QED) is 0.214. The maximum Gasteiger partial charge on any atom is 0.264 e. The van der Waals surface area contributed by atoms with Gasteiger partial charge in [-0.25, -0.2) is 13.1 Å². The number of carbonyl (C=O) groups is 1. The summed E-state index contributed by atoms with van der Waals surface area (Å²) >= 11 is 0. The molecule has 2 aliphatic carbocycles. The summed E-state index contributed by atoms with van der Waals surface area (Å²) in [6, 6.07) is 12.7. The van der Waals surface area contributed by atoms with E-state index in [0.717, 1.165) is 67.3 Å². The molecule has 4 aliphatic rings. The van der Waals surface area contributed by atoms with Crippen LogP contribution in [0.1, 0.15) is 81.2 Å². The van der Waals surface area contributed by atoms with Crippen molar-refractivity contribution in [3.05, 3.63) is 81.7 Å². The number of unbranched alkanes of at least 4 members (excludes halogenated alkanes) is 1. The first-order valence-corrected chi connectivity index (χ1v) is 17.1. The molecular formula is C34H40N4O5S. The SMILES string of the molecule is CCCCC1=C2[N+](=[N-])C1(Cc1ccc(-c3ccccc3S(=O)(=O)Nc3onc(C)c3C)c(COCC)c1)C(=O)C21CCCC1. The summed E-state index contributed by atoms with van der Waals surface area (Å²) in [5, 5.41) is 3.87. The molecular weight excluding hydrogens is 576 g/mol. The predicted molar refractivity (Wildman–Crippen MR) is 167 cm³/mol. The number of Topliss-reactive ketones (excluding diaryl/α,β-unsaturated/α-hetero) is 1. The van der Waals surface area contributed by atoms with E-state index in [1.807, 2.05) is 25.1 Å². The molecule has 1 unspecified atom stereocenters. The summed E-state index contributed by atoms with van der Waals surface area (Å²) in [6.07, 6.45) is 6.76.